The van der Waals surface area contributed by atoms with Gasteiger partial charge in [-0.05, 0) is 25.7 Å². The second kappa shape index (κ2) is 4.52. The summed E-state index contributed by atoms with van der Waals surface area (Å²) in [5.74, 6) is -0.0760. The van der Waals surface area contributed by atoms with Crippen LogP contribution >= 0.6 is 0 Å². The molecule has 6 nitrogen and oxygen atoms in total. The molecule has 0 unspecified atom stereocenters. The first-order chi connectivity index (χ1) is 8.15. The summed E-state index contributed by atoms with van der Waals surface area (Å²) in [5.41, 5.74) is 4.85. The molecular formula is C11H19N3O3. The summed E-state index contributed by atoms with van der Waals surface area (Å²) in [4.78, 5) is 14.2. The van der Waals surface area contributed by atoms with Gasteiger partial charge >= 0.3 is 0 Å². The highest BCUT2D eigenvalue weighted by atomic mass is 16.4. The van der Waals surface area contributed by atoms with Crippen molar-refractivity contribution in [2.45, 2.75) is 38.1 Å². The van der Waals surface area contributed by atoms with E-state index < -0.39 is 5.41 Å². The Morgan fingerprint density at radius 3 is 2.47 bits per heavy atom. The summed E-state index contributed by atoms with van der Waals surface area (Å²) < 4.78 is 0. The molecule has 0 aromatic carbocycles. The zero-order chi connectivity index (χ0) is 12.5. The van der Waals surface area contributed by atoms with Crippen molar-refractivity contribution in [3.8, 4) is 0 Å². The lowest BCUT2D eigenvalue weighted by molar-refractivity contribution is -0.143. The molecular weight excluding hydrogens is 222 g/mol. The molecule has 4 N–H and O–H groups in total. The molecule has 0 atom stereocenters. The van der Waals surface area contributed by atoms with Crippen LogP contribution < -0.4 is 5.73 Å². The lowest BCUT2D eigenvalue weighted by Crippen LogP contribution is -2.56. The molecule has 0 aliphatic heterocycles. The molecule has 0 saturated heterocycles. The summed E-state index contributed by atoms with van der Waals surface area (Å²) in [6.07, 6.45) is 4.16. The second-order valence-corrected chi connectivity index (χ2v) is 4.87. The van der Waals surface area contributed by atoms with E-state index >= 15 is 0 Å². The predicted molar refractivity (Wildman–Crippen MR) is 61.5 cm³/mol. The molecule has 2 aliphatic rings. The van der Waals surface area contributed by atoms with E-state index in [1.165, 1.54) is 0 Å². The number of oxime groups is 1. The molecule has 17 heavy (non-hydrogen) atoms. The molecule has 0 radical (unpaired) electrons. The molecule has 0 spiro atoms. The number of hydrogen-bond acceptors (Lipinski definition) is 4. The summed E-state index contributed by atoms with van der Waals surface area (Å²) in [7, 11) is 0. The van der Waals surface area contributed by atoms with E-state index in [0.717, 1.165) is 19.3 Å². The van der Waals surface area contributed by atoms with Gasteiger partial charge in [0.15, 0.2) is 5.84 Å². The van der Waals surface area contributed by atoms with Crippen LogP contribution in [0.5, 0.6) is 0 Å². The fraction of sp³-hybridized carbons (Fsp3) is 0.818. The van der Waals surface area contributed by atoms with Crippen LogP contribution in [0.4, 0.5) is 0 Å². The van der Waals surface area contributed by atoms with Gasteiger partial charge in [0, 0.05) is 12.6 Å². The first-order valence-corrected chi connectivity index (χ1v) is 6.05. The highest BCUT2D eigenvalue weighted by Crippen LogP contribution is 2.44. The standard InChI is InChI=1S/C11H19N3O3/c12-9(13-17)11(4-1-5-11)10(16)14(6-7-15)8-2-3-8/h8,15,17H,1-7H2,(H2,12,13). The van der Waals surface area contributed by atoms with Crippen molar-refractivity contribution < 1.29 is 15.1 Å². The molecule has 0 heterocycles. The van der Waals surface area contributed by atoms with Crippen LogP contribution in [-0.4, -0.2) is 46.1 Å². The molecule has 0 aromatic heterocycles. The van der Waals surface area contributed by atoms with E-state index in [2.05, 4.69) is 5.16 Å². The van der Waals surface area contributed by atoms with Gasteiger partial charge in [0.05, 0.1) is 6.61 Å². The monoisotopic (exact) mass is 241 g/mol. The van der Waals surface area contributed by atoms with Crippen LogP contribution in [0.3, 0.4) is 0 Å². The number of amidine groups is 1. The Balaban J connectivity index is 2.15. The van der Waals surface area contributed by atoms with Gasteiger partial charge in [-0.2, -0.15) is 0 Å². The SMILES string of the molecule is NC(=NO)C1(C(=O)N(CCO)C2CC2)CCC1. The van der Waals surface area contributed by atoms with Crippen LogP contribution in [0, 0.1) is 5.41 Å². The van der Waals surface area contributed by atoms with Crippen molar-refractivity contribution in [2.75, 3.05) is 13.2 Å². The first-order valence-electron chi connectivity index (χ1n) is 6.05. The molecule has 96 valence electrons. The number of aliphatic hydroxyl groups is 1. The second-order valence-electron chi connectivity index (χ2n) is 4.87. The van der Waals surface area contributed by atoms with Crippen LogP contribution in [0.2, 0.25) is 0 Å². The van der Waals surface area contributed by atoms with Crippen molar-refractivity contribution >= 4 is 11.7 Å². The lowest BCUT2D eigenvalue weighted by Gasteiger charge is -2.42. The summed E-state index contributed by atoms with van der Waals surface area (Å²) in [6, 6.07) is 0.235. The zero-order valence-electron chi connectivity index (χ0n) is 9.80. The van der Waals surface area contributed by atoms with Crippen LogP contribution in [-0.2, 0) is 4.79 Å². The number of carbonyl (C=O) groups excluding carboxylic acids is 1. The Morgan fingerprint density at radius 2 is 2.12 bits per heavy atom. The summed E-state index contributed by atoms with van der Waals surface area (Å²) in [5, 5.41) is 20.8. The Bertz CT molecular complexity index is 335. The molecule has 0 bridgehead atoms. The number of nitrogens with two attached hydrogens (primary N) is 1. The van der Waals surface area contributed by atoms with Gasteiger partial charge in [-0.15, -0.1) is 0 Å². The Morgan fingerprint density at radius 1 is 1.47 bits per heavy atom. The maximum Gasteiger partial charge on any atom is 0.236 e. The fourth-order valence-electron chi connectivity index (χ4n) is 2.42. The van der Waals surface area contributed by atoms with Crippen molar-refractivity contribution in [3.63, 3.8) is 0 Å². The first kappa shape index (κ1) is 12.2. The predicted octanol–water partition coefficient (Wildman–Crippen LogP) is -0.114. The number of nitrogens with zero attached hydrogens (tertiary/aromatic N) is 2. The van der Waals surface area contributed by atoms with Crippen molar-refractivity contribution in [3.05, 3.63) is 0 Å². The Labute approximate surface area is 100 Å². The van der Waals surface area contributed by atoms with E-state index in [4.69, 9.17) is 16.0 Å². The number of aliphatic hydroxyl groups excluding tert-OH is 1. The van der Waals surface area contributed by atoms with E-state index in [0.29, 0.717) is 19.4 Å². The molecule has 2 saturated carbocycles. The number of amides is 1. The highest BCUT2D eigenvalue weighted by molar-refractivity contribution is 6.07. The Kier molecular flexibility index (Phi) is 3.24. The van der Waals surface area contributed by atoms with E-state index in [1.54, 1.807) is 4.90 Å². The van der Waals surface area contributed by atoms with Gasteiger partial charge in [0.25, 0.3) is 0 Å². The van der Waals surface area contributed by atoms with Gasteiger partial charge in [0.1, 0.15) is 5.41 Å². The maximum absolute atomic E-state index is 12.5. The van der Waals surface area contributed by atoms with E-state index in [-0.39, 0.29) is 24.4 Å². The average molecular weight is 241 g/mol. The third kappa shape index (κ3) is 1.97. The minimum atomic E-state index is -0.813. The van der Waals surface area contributed by atoms with Crippen LogP contribution in [0.15, 0.2) is 5.16 Å². The van der Waals surface area contributed by atoms with Gasteiger partial charge < -0.3 is 20.9 Å². The Hall–Kier alpha value is -1.30. The normalized spacial score (nSPS) is 23.0. The smallest absolute Gasteiger partial charge is 0.236 e. The van der Waals surface area contributed by atoms with Crippen molar-refractivity contribution in [1.29, 1.82) is 0 Å². The summed E-state index contributed by atoms with van der Waals surface area (Å²) >= 11 is 0. The topological polar surface area (TPSA) is 99.2 Å². The molecule has 2 rings (SSSR count). The third-order valence-electron chi connectivity index (χ3n) is 3.80. The van der Waals surface area contributed by atoms with Gasteiger partial charge in [-0.3, -0.25) is 4.79 Å². The number of carbonyl (C=O) groups is 1. The summed E-state index contributed by atoms with van der Waals surface area (Å²) in [6.45, 7) is 0.290. The quantitative estimate of drug-likeness (QED) is 0.270. The minimum absolute atomic E-state index is 0.0114. The minimum Gasteiger partial charge on any atom is -0.409 e. The van der Waals surface area contributed by atoms with Crippen molar-refractivity contribution in [1.82, 2.24) is 4.90 Å². The van der Waals surface area contributed by atoms with Gasteiger partial charge in [0.2, 0.25) is 5.91 Å². The largest absolute Gasteiger partial charge is 0.409 e. The number of rotatable bonds is 5. The zero-order valence-corrected chi connectivity index (χ0v) is 9.80. The lowest BCUT2D eigenvalue weighted by atomic mass is 9.66. The number of hydrogen-bond donors (Lipinski definition) is 3. The van der Waals surface area contributed by atoms with Crippen molar-refractivity contribution in [2.24, 2.45) is 16.3 Å². The van der Waals surface area contributed by atoms with Gasteiger partial charge in [-0.25, -0.2) is 0 Å². The fourth-order valence-corrected chi connectivity index (χ4v) is 2.42. The van der Waals surface area contributed by atoms with Gasteiger partial charge in [-0.1, -0.05) is 11.6 Å². The average Bonchev–Trinajstić information content (AvgIpc) is 3.07. The molecule has 6 heteroatoms. The molecule has 0 aromatic rings. The highest BCUT2D eigenvalue weighted by Gasteiger charge is 2.52. The molecule has 2 aliphatic carbocycles. The molecule has 2 fully saturated rings. The van der Waals surface area contributed by atoms with Crippen LogP contribution in [0.25, 0.3) is 0 Å². The maximum atomic E-state index is 12.5. The third-order valence-corrected chi connectivity index (χ3v) is 3.80. The van der Waals surface area contributed by atoms with Crippen LogP contribution in [0.1, 0.15) is 32.1 Å². The van der Waals surface area contributed by atoms with E-state index in [1.807, 2.05) is 0 Å². The molecule has 1 amide bonds. The van der Waals surface area contributed by atoms with E-state index in [9.17, 15) is 4.79 Å².